The van der Waals surface area contributed by atoms with E-state index < -0.39 is 0 Å². The summed E-state index contributed by atoms with van der Waals surface area (Å²) in [5.74, 6) is 0.658. The van der Waals surface area contributed by atoms with Crippen molar-refractivity contribution >= 4 is 17.1 Å². The Balaban J connectivity index is 2.39. The SMILES string of the molecule is [CH2]CC1CCCCCCC1=S. The largest absolute Gasteiger partial charge is 0.0894 e. The van der Waals surface area contributed by atoms with Gasteiger partial charge in [-0.2, -0.15) is 0 Å². The third-order valence-corrected chi connectivity index (χ3v) is 3.07. The molecule has 1 saturated carbocycles. The molecule has 0 heterocycles. The molecule has 1 unspecified atom stereocenters. The average Bonchev–Trinajstić information content (AvgIpc) is 1.98. The third kappa shape index (κ3) is 2.90. The standard InChI is InChI=1S/C10H17S/c1-2-9-7-5-3-4-6-8-10(9)11/h9H,1-8H2. The lowest BCUT2D eigenvalue weighted by molar-refractivity contribution is 0.525. The van der Waals surface area contributed by atoms with E-state index in [2.05, 4.69) is 6.92 Å². The summed E-state index contributed by atoms with van der Waals surface area (Å²) in [4.78, 5) is 1.29. The summed E-state index contributed by atoms with van der Waals surface area (Å²) in [6.45, 7) is 3.94. The van der Waals surface area contributed by atoms with Crippen molar-refractivity contribution in [2.24, 2.45) is 5.92 Å². The van der Waals surface area contributed by atoms with Gasteiger partial charge < -0.3 is 0 Å². The van der Waals surface area contributed by atoms with Crippen molar-refractivity contribution in [1.82, 2.24) is 0 Å². The molecule has 1 atom stereocenters. The fourth-order valence-corrected chi connectivity index (χ4v) is 2.09. The minimum absolute atomic E-state index is 0.658. The number of thiocarbonyl (C=S) groups is 1. The minimum Gasteiger partial charge on any atom is -0.0894 e. The molecule has 0 amide bonds. The Hall–Kier alpha value is 0.0900. The van der Waals surface area contributed by atoms with Crippen LogP contribution in [0.25, 0.3) is 0 Å². The van der Waals surface area contributed by atoms with Gasteiger partial charge in [0.05, 0.1) is 0 Å². The molecule has 1 heteroatoms. The Labute approximate surface area is 75.4 Å². The molecule has 1 aliphatic carbocycles. The fourth-order valence-electron chi connectivity index (χ4n) is 1.71. The van der Waals surface area contributed by atoms with Crippen LogP contribution in [0.1, 0.15) is 44.9 Å². The number of hydrogen-bond acceptors (Lipinski definition) is 1. The lowest BCUT2D eigenvalue weighted by Gasteiger charge is -2.18. The smallest absolute Gasteiger partial charge is 0.00406 e. The molecule has 63 valence electrons. The Kier molecular flexibility index (Phi) is 4.06. The molecular weight excluding hydrogens is 152 g/mol. The maximum Gasteiger partial charge on any atom is -0.00406 e. The van der Waals surface area contributed by atoms with E-state index in [1.807, 2.05) is 0 Å². The van der Waals surface area contributed by atoms with Gasteiger partial charge in [0.15, 0.2) is 0 Å². The number of hydrogen-bond donors (Lipinski definition) is 0. The molecule has 11 heavy (non-hydrogen) atoms. The van der Waals surface area contributed by atoms with Crippen molar-refractivity contribution in [3.8, 4) is 0 Å². The molecule has 0 N–H and O–H groups in total. The van der Waals surface area contributed by atoms with Crippen LogP contribution in [0.15, 0.2) is 0 Å². The molecule has 1 fully saturated rings. The third-order valence-electron chi connectivity index (χ3n) is 2.53. The summed E-state index contributed by atoms with van der Waals surface area (Å²) in [6.07, 6.45) is 8.94. The summed E-state index contributed by atoms with van der Waals surface area (Å²) < 4.78 is 0. The van der Waals surface area contributed by atoms with Crippen molar-refractivity contribution in [3.63, 3.8) is 0 Å². The summed E-state index contributed by atoms with van der Waals surface area (Å²) in [6, 6.07) is 0. The molecule has 0 aromatic rings. The van der Waals surface area contributed by atoms with Crippen molar-refractivity contribution in [2.75, 3.05) is 0 Å². The van der Waals surface area contributed by atoms with Gasteiger partial charge in [-0.3, -0.25) is 0 Å². The second kappa shape index (κ2) is 4.87. The second-order valence-corrected chi connectivity index (χ2v) is 3.93. The fraction of sp³-hybridized carbons (Fsp3) is 0.800. The molecule has 1 radical (unpaired) electrons. The summed E-state index contributed by atoms with van der Waals surface area (Å²) in [7, 11) is 0. The molecule has 1 aliphatic rings. The molecule has 0 bridgehead atoms. The molecule has 0 nitrogen and oxygen atoms in total. The van der Waals surface area contributed by atoms with Crippen LogP contribution in [0.2, 0.25) is 0 Å². The topological polar surface area (TPSA) is 0 Å². The Morgan fingerprint density at radius 1 is 1.27 bits per heavy atom. The predicted molar refractivity (Wildman–Crippen MR) is 53.8 cm³/mol. The maximum atomic E-state index is 5.33. The van der Waals surface area contributed by atoms with Crippen LogP contribution in [0, 0.1) is 12.8 Å². The minimum atomic E-state index is 0.658. The molecular formula is C10H17S. The first-order chi connectivity index (χ1) is 5.34. The van der Waals surface area contributed by atoms with Gasteiger partial charge in [-0.05, 0) is 36.5 Å². The predicted octanol–water partition coefficient (Wildman–Crippen LogP) is 3.55. The van der Waals surface area contributed by atoms with Crippen molar-refractivity contribution in [2.45, 2.75) is 44.9 Å². The second-order valence-electron chi connectivity index (χ2n) is 3.40. The van der Waals surface area contributed by atoms with E-state index in [0.29, 0.717) is 5.92 Å². The highest BCUT2D eigenvalue weighted by atomic mass is 32.1. The van der Waals surface area contributed by atoms with Gasteiger partial charge in [-0.25, -0.2) is 0 Å². The highest BCUT2D eigenvalue weighted by Crippen LogP contribution is 2.22. The van der Waals surface area contributed by atoms with Gasteiger partial charge in [0.25, 0.3) is 0 Å². The molecule has 0 aromatic carbocycles. The molecule has 0 saturated heterocycles. The van der Waals surface area contributed by atoms with E-state index in [-0.39, 0.29) is 0 Å². The lowest BCUT2D eigenvalue weighted by atomic mass is 9.89. The van der Waals surface area contributed by atoms with E-state index in [1.165, 1.54) is 43.4 Å². The molecule has 1 rings (SSSR count). The van der Waals surface area contributed by atoms with Crippen molar-refractivity contribution in [1.29, 1.82) is 0 Å². The highest BCUT2D eigenvalue weighted by Gasteiger charge is 2.13. The van der Waals surface area contributed by atoms with Crippen LogP contribution < -0.4 is 0 Å². The monoisotopic (exact) mass is 169 g/mol. The summed E-state index contributed by atoms with van der Waals surface area (Å²) >= 11 is 5.33. The molecule has 0 aliphatic heterocycles. The van der Waals surface area contributed by atoms with Crippen molar-refractivity contribution < 1.29 is 0 Å². The van der Waals surface area contributed by atoms with Crippen molar-refractivity contribution in [3.05, 3.63) is 6.92 Å². The summed E-state index contributed by atoms with van der Waals surface area (Å²) in [5.41, 5.74) is 0. The van der Waals surface area contributed by atoms with E-state index in [4.69, 9.17) is 12.2 Å². The normalized spacial score (nSPS) is 27.7. The zero-order valence-electron chi connectivity index (χ0n) is 7.14. The van der Waals surface area contributed by atoms with Gasteiger partial charge in [-0.1, -0.05) is 38.4 Å². The number of rotatable bonds is 1. The zero-order valence-corrected chi connectivity index (χ0v) is 7.96. The Bertz CT molecular complexity index is 129. The Morgan fingerprint density at radius 3 is 2.73 bits per heavy atom. The first-order valence-corrected chi connectivity index (χ1v) is 5.07. The first-order valence-electron chi connectivity index (χ1n) is 4.66. The van der Waals surface area contributed by atoms with Gasteiger partial charge in [0.2, 0.25) is 0 Å². The van der Waals surface area contributed by atoms with Crippen LogP contribution in [0.4, 0.5) is 0 Å². The maximum absolute atomic E-state index is 5.33. The van der Waals surface area contributed by atoms with Gasteiger partial charge in [0, 0.05) is 0 Å². The summed E-state index contributed by atoms with van der Waals surface area (Å²) in [5, 5.41) is 0. The van der Waals surface area contributed by atoms with E-state index in [1.54, 1.807) is 0 Å². The lowest BCUT2D eigenvalue weighted by Crippen LogP contribution is -2.13. The first kappa shape index (κ1) is 9.18. The van der Waals surface area contributed by atoms with E-state index >= 15 is 0 Å². The van der Waals surface area contributed by atoms with Crippen LogP contribution in [0.3, 0.4) is 0 Å². The average molecular weight is 169 g/mol. The van der Waals surface area contributed by atoms with Crippen LogP contribution in [-0.2, 0) is 0 Å². The highest BCUT2D eigenvalue weighted by molar-refractivity contribution is 7.80. The van der Waals surface area contributed by atoms with E-state index in [9.17, 15) is 0 Å². The molecule has 0 aromatic heterocycles. The molecule has 0 spiro atoms. The zero-order chi connectivity index (χ0) is 8.10. The van der Waals surface area contributed by atoms with Gasteiger partial charge >= 0.3 is 0 Å². The van der Waals surface area contributed by atoms with Crippen LogP contribution in [0.5, 0.6) is 0 Å². The Morgan fingerprint density at radius 2 is 2.00 bits per heavy atom. The van der Waals surface area contributed by atoms with Gasteiger partial charge in [-0.15, -0.1) is 0 Å². The van der Waals surface area contributed by atoms with Crippen LogP contribution in [-0.4, -0.2) is 4.86 Å². The quantitative estimate of drug-likeness (QED) is 0.541. The van der Waals surface area contributed by atoms with E-state index in [0.717, 1.165) is 6.42 Å². The van der Waals surface area contributed by atoms with Crippen LogP contribution >= 0.6 is 12.2 Å². The van der Waals surface area contributed by atoms with Gasteiger partial charge in [0.1, 0.15) is 0 Å².